The van der Waals surface area contributed by atoms with Crippen LogP contribution in [0.2, 0.25) is 0 Å². The Morgan fingerprint density at radius 3 is 2.71 bits per heavy atom. The first-order valence-electron chi connectivity index (χ1n) is 12.5. The number of pyridine rings is 1. The Morgan fingerprint density at radius 2 is 1.91 bits per heavy atom. The van der Waals surface area contributed by atoms with E-state index in [9.17, 15) is 4.79 Å². The first-order chi connectivity index (χ1) is 17.1. The van der Waals surface area contributed by atoms with Crippen LogP contribution in [0.5, 0.6) is 0 Å². The van der Waals surface area contributed by atoms with Crippen LogP contribution in [-0.4, -0.2) is 26.5 Å². The molecule has 1 N–H and O–H groups in total. The predicted octanol–water partition coefficient (Wildman–Crippen LogP) is 6.39. The largest absolute Gasteiger partial charge is 0.349 e. The van der Waals surface area contributed by atoms with Crippen molar-refractivity contribution in [3.05, 3.63) is 89.2 Å². The van der Waals surface area contributed by atoms with Gasteiger partial charge in [0, 0.05) is 23.6 Å². The van der Waals surface area contributed by atoms with Gasteiger partial charge in [-0.25, -0.2) is 4.98 Å². The summed E-state index contributed by atoms with van der Waals surface area (Å²) in [7, 11) is 0. The number of hydrogen-bond acceptors (Lipinski definition) is 4. The first kappa shape index (κ1) is 23.6. The van der Waals surface area contributed by atoms with Gasteiger partial charge in [0.1, 0.15) is 0 Å². The van der Waals surface area contributed by atoms with Gasteiger partial charge < -0.3 is 9.88 Å². The number of carbonyl (C=O) groups excluding carboxylic acids is 1. The number of imidazole rings is 1. The molecule has 0 bridgehead atoms. The minimum Gasteiger partial charge on any atom is -0.349 e. The van der Waals surface area contributed by atoms with Crippen LogP contribution >= 0.6 is 11.8 Å². The Balaban J connectivity index is 1.28. The van der Waals surface area contributed by atoms with Crippen LogP contribution in [0.15, 0.2) is 72.1 Å². The van der Waals surface area contributed by atoms with E-state index in [-0.39, 0.29) is 5.91 Å². The molecule has 4 aromatic rings. The van der Waals surface area contributed by atoms with Gasteiger partial charge in [0.25, 0.3) is 5.91 Å². The number of thioether (sulfide) groups is 1. The molecule has 180 valence electrons. The Kier molecular flexibility index (Phi) is 7.19. The van der Waals surface area contributed by atoms with E-state index in [0.29, 0.717) is 12.0 Å². The number of carbonyl (C=O) groups is 1. The summed E-state index contributed by atoms with van der Waals surface area (Å²) >= 11 is 1.72. The molecule has 1 aliphatic carbocycles. The molecular formula is C29H32N4OS. The van der Waals surface area contributed by atoms with Crippen LogP contribution in [0.4, 0.5) is 0 Å². The molecule has 0 saturated heterocycles. The molecule has 2 atom stereocenters. The fourth-order valence-corrected chi connectivity index (χ4v) is 5.86. The average molecular weight is 485 g/mol. The molecule has 5 rings (SSSR count). The van der Waals surface area contributed by atoms with E-state index in [2.05, 4.69) is 65.1 Å². The summed E-state index contributed by atoms with van der Waals surface area (Å²) < 4.78 is 2.24. The van der Waals surface area contributed by atoms with Crippen molar-refractivity contribution < 1.29 is 4.79 Å². The molecule has 0 aliphatic heterocycles. The third-order valence-electron chi connectivity index (χ3n) is 6.95. The Labute approximate surface area is 211 Å². The summed E-state index contributed by atoms with van der Waals surface area (Å²) in [6, 6.07) is 18.8. The third-order valence-corrected chi connectivity index (χ3v) is 8.00. The molecule has 1 amide bonds. The molecule has 1 aliphatic rings. The summed E-state index contributed by atoms with van der Waals surface area (Å²) in [5.41, 5.74) is 6.40. The van der Waals surface area contributed by atoms with Gasteiger partial charge in [-0.15, -0.1) is 0 Å². The van der Waals surface area contributed by atoms with Crippen LogP contribution in [0.25, 0.3) is 11.0 Å². The summed E-state index contributed by atoms with van der Waals surface area (Å²) in [6.45, 7) is 5.12. The second-order valence-corrected chi connectivity index (χ2v) is 10.6. The third kappa shape index (κ3) is 5.59. The van der Waals surface area contributed by atoms with Crippen LogP contribution in [0.3, 0.4) is 0 Å². The summed E-state index contributed by atoms with van der Waals surface area (Å²) in [6.07, 6.45) is 8.44. The fraction of sp³-hybridized carbons (Fsp3) is 0.345. The lowest BCUT2D eigenvalue weighted by Crippen LogP contribution is -2.41. The van der Waals surface area contributed by atoms with Crippen molar-refractivity contribution in [3.8, 4) is 0 Å². The van der Waals surface area contributed by atoms with E-state index in [1.54, 1.807) is 18.0 Å². The highest BCUT2D eigenvalue weighted by atomic mass is 32.2. The highest BCUT2D eigenvalue weighted by Crippen LogP contribution is 2.28. The molecule has 0 spiro atoms. The van der Waals surface area contributed by atoms with Crippen LogP contribution in [0, 0.1) is 12.8 Å². The zero-order valence-electron chi connectivity index (χ0n) is 20.4. The molecule has 35 heavy (non-hydrogen) atoms. The van der Waals surface area contributed by atoms with Gasteiger partial charge in [0.05, 0.1) is 23.8 Å². The van der Waals surface area contributed by atoms with Gasteiger partial charge >= 0.3 is 0 Å². The van der Waals surface area contributed by atoms with E-state index >= 15 is 0 Å². The van der Waals surface area contributed by atoms with E-state index in [1.165, 1.54) is 36.0 Å². The Bertz CT molecular complexity index is 1310. The van der Waals surface area contributed by atoms with E-state index in [4.69, 9.17) is 4.98 Å². The number of rotatable bonds is 7. The van der Waals surface area contributed by atoms with Crippen molar-refractivity contribution in [2.45, 2.75) is 63.0 Å². The lowest BCUT2D eigenvalue weighted by atomic mass is 9.86. The number of amides is 1. The monoisotopic (exact) mass is 484 g/mol. The summed E-state index contributed by atoms with van der Waals surface area (Å²) in [5.74, 6) is 1.37. The second-order valence-electron chi connectivity index (χ2n) is 9.66. The van der Waals surface area contributed by atoms with E-state index in [0.717, 1.165) is 40.5 Å². The average Bonchev–Trinajstić information content (AvgIpc) is 3.21. The van der Waals surface area contributed by atoms with Crippen molar-refractivity contribution >= 4 is 28.7 Å². The molecule has 2 aromatic heterocycles. The zero-order valence-corrected chi connectivity index (χ0v) is 21.2. The van der Waals surface area contributed by atoms with Crippen LogP contribution in [-0.2, 0) is 12.3 Å². The number of aryl methyl sites for hydroxylation is 1. The van der Waals surface area contributed by atoms with Gasteiger partial charge in [-0.3, -0.25) is 9.78 Å². The zero-order chi connectivity index (χ0) is 24.2. The molecule has 2 aromatic carbocycles. The maximum absolute atomic E-state index is 12.8. The lowest BCUT2D eigenvalue weighted by Gasteiger charge is -2.29. The molecular weight excluding hydrogens is 452 g/mol. The SMILES string of the molecule is Cc1cccc(Cn2c(SCc3ccc(C(=O)N[C@@H]4CCCC[C@@H]4C)cc3)nc3ccncc32)c1. The molecule has 0 radical (unpaired) electrons. The highest BCUT2D eigenvalue weighted by Gasteiger charge is 2.23. The van der Waals surface area contributed by atoms with Crippen molar-refractivity contribution in [1.82, 2.24) is 19.9 Å². The highest BCUT2D eigenvalue weighted by molar-refractivity contribution is 7.98. The van der Waals surface area contributed by atoms with Crippen molar-refractivity contribution in [2.75, 3.05) is 0 Å². The topological polar surface area (TPSA) is 59.8 Å². The number of benzene rings is 2. The van der Waals surface area contributed by atoms with Crippen LogP contribution < -0.4 is 5.32 Å². The van der Waals surface area contributed by atoms with Gasteiger partial charge in [0.15, 0.2) is 5.16 Å². The molecule has 1 fully saturated rings. The van der Waals surface area contributed by atoms with Gasteiger partial charge in [-0.1, -0.05) is 73.5 Å². The molecule has 0 unspecified atom stereocenters. The van der Waals surface area contributed by atoms with Crippen LogP contribution in [0.1, 0.15) is 59.7 Å². The fourth-order valence-electron chi connectivity index (χ4n) is 4.89. The van der Waals surface area contributed by atoms with E-state index in [1.807, 2.05) is 24.4 Å². The van der Waals surface area contributed by atoms with Gasteiger partial charge in [-0.2, -0.15) is 0 Å². The van der Waals surface area contributed by atoms with Crippen molar-refractivity contribution in [2.24, 2.45) is 5.92 Å². The number of nitrogens with one attached hydrogen (secondary N) is 1. The maximum atomic E-state index is 12.8. The smallest absolute Gasteiger partial charge is 0.251 e. The van der Waals surface area contributed by atoms with Crippen molar-refractivity contribution in [3.63, 3.8) is 0 Å². The normalized spacial score (nSPS) is 18.0. The molecule has 1 saturated carbocycles. The lowest BCUT2D eigenvalue weighted by molar-refractivity contribution is 0.0910. The summed E-state index contributed by atoms with van der Waals surface area (Å²) in [5, 5.41) is 4.22. The van der Waals surface area contributed by atoms with E-state index < -0.39 is 0 Å². The maximum Gasteiger partial charge on any atom is 0.251 e. The summed E-state index contributed by atoms with van der Waals surface area (Å²) in [4.78, 5) is 22.0. The number of hydrogen-bond donors (Lipinski definition) is 1. The molecule has 6 heteroatoms. The number of nitrogens with zero attached hydrogens (tertiary/aromatic N) is 3. The van der Waals surface area contributed by atoms with Gasteiger partial charge in [0.2, 0.25) is 0 Å². The number of aromatic nitrogens is 3. The molecule has 5 nitrogen and oxygen atoms in total. The minimum atomic E-state index is 0.0374. The standard InChI is InChI=1S/C29H32N4OS/c1-20-6-5-8-23(16-20)18-33-27-17-30-15-14-26(27)32-29(33)35-19-22-10-12-24(13-11-22)28(34)31-25-9-4-3-7-21(25)2/h5-6,8,10-17,21,25H,3-4,7,9,18-19H2,1-2H3,(H,31,34)/t21-,25+/m0/s1. The quantitative estimate of drug-likeness (QED) is 0.309. The minimum absolute atomic E-state index is 0.0374. The number of fused-ring (bicyclic) bond motifs is 1. The molecule has 2 heterocycles. The Hall–Kier alpha value is -3.12. The van der Waals surface area contributed by atoms with Crippen molar-refractivity contribution in [1.29, 1.82) is 0 Å². The van der Waals surface area contributed by atoms with Gasteiger partial charge in [-0.05, 0) is 55.0 Å². The predicted molar refractivity (Wildman–Crippen MR) is 143 cm³/mol. The second kappa shape index (κ2) is 10.6. The Morgan fingerprint density at radius 1 is 1.09 bits per heavy atom. The first-order valence-corrected chi connectivity index (χ1v) is 13.4.